The van der Waals surface area contributed by atoms with E-state index in [1.54, 1.807) is 29.5 Å². The van der Waals surface area contributed by atoms with Crippen LogP contribution >= 0.6 is 11.3 Å². The fourth-order valence-corrected chi connectivity index (χ4v) is 2.65. The monoisotopic (exact) mass is 303 g/mol. The molecule has 21 heavy (non-hydrogen) atoms. The maximum absolute atomic E-state index is 11.7. The van der Waals surface area contributed by atoms with Gasteiger partial charge in [0.2, 0.25) is 0 Å². The van der Waals surface area contributed by atoms with E-state index in [-0.39, 0.29) is 6.61 Å². The van der Waals surface area contributed by atoms with Gasteiger partial charge in [-0.1, -0.05) is 0 Å². The van der Waals surface area contributed by atoms with Gasteiger partial charge < -0.3 is 15.2 Å². The Bertz CT molecular complexity index is 765. The molecule has 0 amide bonds. The highest BCUT2D eigenvalue weighted by Gasteiger charge is 2.14. The Balaban J connectivity index is 1.82. The van der Waals surface area contributed by atoms with E-state index in [2.05, 4.69) is 4.98 Å². The van der Waals surface area contributed by atoms with E-state index in [0.717, 1.165) is 10.7 Å². The van der Waals surface area contributed by atoms with Gasteiger partial charge in [-0.25, -0.2) is 9.78 Å². The normalized spacial score (nSPS) is 10.7. The number of benzene rings is 1. The second kappa shape index (κ2) is 5.45. The average Bonchev–Trinajstić information content (AvgIpc) is 3.05. The standard InChI is InChI=1S/C14H13N3O3S/c1-19-13(18)11-3-2-9(15)6-12(11)20-8-10-7-17-4-5-21-14(17)16-10/h2-7H,8,15H2,1H3. The molecule has 0 unspecified atom stereocenters. The predicted octanol–water partition coefficient (Wildman–Crippen LogP) is 2.34. The lowest BCUT2D eigenvalue weighted by Gasteiger charge is -2.10. The van der Waals surface area contributed by atoms with E-state index in [9.17, 15) is 4.79 Å². The molecule has 3 aromatic rings. The fraction of sp³-hybridized carbons (Fsp3) is 0.143. The van der Waals surface area contributed by atoms with Gasteiger partial charge in [0.25, 0.3) is 0 Å². The van der Waals surface area contributed by atoms with Gasteiger partial charge in [-0.3, -0.25) is 4.40 Å². The lowest BCUT2D eigenvalue weighted by Crippen LogP contribution is -2.06. The molecule has 0 atom stereocenters. The molecule has 7 heteroatoms. The summed E-state index contributed by atoms with van der Waals surface area (Å²) in [5.41, 5.74) is 7.37. The Labute approximate surface area is 124 Å². The lowest BCUT2D eigenvalue weighted by molar-refractivity contribution is 0.0595. The number of hydrogen-bond acceptors (Lipinski definition) is 6. The number of hydrogen-bond donors (Lipinski definition) is 1. The summed E-state index contributed by atoms with van der Waals surface area (Å²) < 4.78 is 12.3. The number of imidazole rings is 1. The molecule has 0 spiro atoms. The first-order valence-electron chi connectivity index (χ1n) is 6.19. The first kappa shape index (κ1) is 13.4. The van der Waals surface area contributed by atoms with Gasteiger partial charge >= 0.3 is 5.97 Å². The van der Waals surface area contributed by atoms with E-state index < -0.39 is 5.97 Å². The molecule has 0 aliphatic heterocycles. The molecule has 0 bridgehead atoms. The van der Waals surface area contributed by atoms with Crippen molar-refractivity contribution in [2.75, 3.05) is 12.8 Å². The summed E-state index contributed by atoms with van der Waals surface area (Å²) in [6.45, 7) is 0.252. The van der Waals surface area contributed by atoms with Crippen molar-refractivity contribution in [2.24, 2.45) is 0 Å². The molecule has 0 fully saturated rings. The van der Waals surface area contributed by atoms with Crippen molar-refractivity contribution in [1.82, 2.24) is 9.38 Å². The maximum atomic E-state index is 11.7. The SMILES string of the molecule is COC(=O)c1ccc(N)cc1OCc1cn2ccsc2n1. The Morgan fingerprint density at radius 2 is 2.33 bits per heavy atom. The number of esters is 1. The molecule has 6 nitrogen and oxygen atoms in total. The predicted molar refractivity (Wildman–Crippen MR) is 79.6 cm³/mol. The van der Waals surface area contributed by atoms with Crippen molar-refractivity contribution in [3.05, 3.63) is 47.2 Å². The summed E-state index contributed by atoms with van der Waals surface area (Å²) in [5.74, 6) is -0.0750. The molecule has 0 aliphatic carbocycles. The molecular formula is C14H13N3O3S. The second-order valence-electron chi connectivity index (χ2n) is 4.36. The van der Waals surface area contributed by atoms with E-state index in [1.807, 2.05) is 22.2 Å². The minimum atomic E-state index is -0.462. The third-order valence-electron chi connectivity index (χ3n) is 2.93. The van der Waals surface area contributed by atoms with Gasteiger partial charge in [0.15, 0.2) is 4.96 Å². The van der Waals surface area contributed by atoms with Crippen LogP contribution in [0.25, 0.3) is 4.96 Å². The Hall–Kier alpha value is -2.54. The van der Waals surface area contributed by atoms with E-state index in [1.165, 1.54) is 7.11 Å². The number of rotatable bonds is 4. The molecular weight excluding hydrogens is 290 g/mol. The van der Waals surface area contributed by atoms with Gasteiger partial charge in [-0.05, 0) is 12.1 Å². The van der Waals surface area contributed by atoms with E-state index >= 15 is 0 Å². The molecule has 0 aliphatic rings. The van der Waals surface area contributed by atoms with Crippen LogP contribution < -0.4 is 10.5 Å². The van der Waals surface area contributed by atoms with E-state index in [0.29, 0.717) is 17.0 Å². The number of nitrogens with zero attached hydrogens (tertiary/aromatic N) is 2. The van der Waals surface area contributed by atoms with Crippen molar-refractivity contribution >= 4 is 28.0 Å². The molecule has 0 saturated carbocycles. The Kier molecular flexibility index (Phi) is 3.49. The molecule has 3 rings (SSSR count). The number of aromatic nitrogens is 2. The highest BCUT2D eigenvalue weighted by Crippen LogP contribution is 2.24. The van der Waals surface area contributed by atoms with Crippen LogP contribution in [0.5, 0.6) is 5.75 Å². The van der Waals surface area contributed by atoms with Crippen molar-refractivity contribution in [3.8, 4) is 5.75 Å². The highest BCUT2D eigenvalue weighted by atomic mass is 32.1. The van der Waals surface area contributed by atoms with Gasteiger partial charge in [0, 0.05) is 29.5 Å². The summed E-state index contributed by atoms with van der Waals surface area (Å²) in [4.78, 5) is 17.0. The zero-order valence-electron chi connectivity index (χ0n) is 11.3. The number of fused-ring (bicyclic) bond motifs is 1. The number of ether oxygens (including phenoxy) is 2. The molecule has 2 aromatic heterocycles. The smallest absolute Gasteiger partial charge is 0.341 e. The van der Waals surface area contributed by atoms with Crippen molar-refractivity contribution < 1.29 is 14.3 Å². The second-order valence-corrected chi connectivity index (χ2v) is 5.23. The van der Waals surface area contributed by atoms with Crippen LogP contribution in [-0.2, 0) is 11.3 Å². The number of methoxy groups -OCH3 is 1. The zero-order chi connectivity index (χ0) is 14.8. The summed E-state index contributed by atoms with van der Waals surface area (Å²) >= 11 is 1.55. The van der Waals surface area contributed by atoms with Gasteiger partial charge in [0.1, 0.15) is 17.9 Å². The molecule has 0 saturated heterocycles. The maximum Gasteiger partial charge on any atom is 0.341 e. The third-order valence-corrected chi connectivity index (χ3v) is 3.70. The summed E-state index contributed by atoms with van der Waals surface area (Å²) in [6.07, 6.45) is 3.81. The number of carbonyl (C=O) groups is 1. The first-order chi connectivity index (χ1) is 10.2. The number of nitrogens with two attached hydrogens (primary N) is 1. The minimum absolute atomic E-state index is 0.252. The first-order valence-corrected chi connectivity index (χ1v) is 7.07. The van der Waals surface area contributed by atoms with Crippen LogP contribution in [0, 0.1) is 0 Å². The summed E-state index contributed by atoms with van der Waals surface area (Å²) in [7, 11) is 1.33. The highest BCUT2D eigenvalue weighted by molar-refractivity contribution is 7.15. The number of thiazole rings is 1. The molecule has 0 radical (unpaired) electrons. The number of nitrogen functional groups attached to an aromatic ring is 1. The quantitative estimate of drug-likeness (QED) is 0.591. The zero-order valence-corrected chi connectivity index (χ0v) is 12.1. The van der Waals surface area contributed by atoms with Gasteiger partial charge in [-0.2, -0.15) is 0 Å². The Morgan fingerprint density at radius 3 is 3.10 bits per heavy atom. The minimum Gasteiger partial charge on any atom is -0.486 e. The number of anilines is 1. The van der Waals surface area contributed by atoms with Crippen LogP contribution in [0.1, 0.15) is 16.1 Å². The summed E-state index contributed by atoms with van der Waals surface area (Å²) in [5, 5.41) is 1.96. The van der Waals surface area contributed by atoms with Crippen LogP contribution in [0.2, 0.25) is 0 Å². The largest absolute Gasteiger partial charge is 0.486 e. The molecule has 2 N–H and O–H groups in total. The van der Waals surface area contributed by atoms with Crippen LogP contribution in [0.15, 0.2) is 36.0 Å². The van der Waals surface area contributed by atoms with E-state index in [4.69, 9.17) is 15.2 Å². The van der Waals surface area contributed by atoms with Crippen LogP contribution in [0.3, 0.4) is 0 Å². The van der Waals surface area contributed by atoms with Crippen molar-refractivity contribution in [3.63, 3.8) is 0 Å². The molecule has 2 heterocycles. The summed E-state index contributed by atoms with van der Waals surface area (Å²) in [6, 6.07) is 4.82. The lowest BCUT2D eigenvalue weighted by atomic mass is 10.2. The fourth-order valence-electron chi connectivity index (χ4n) is 1.93. The van der Waals surface area contributed by atoms with Gasteiger partial charge in [0.05, 0.1) is 12.8 Å². The topological polar surface area (TPSA) is 78.8 Å². The molecule has 1 aromatic carbocycles. The third kappa shape index (κ3) is 2.68. The van der Waals surface area contributed by atoms with Gasteiger partial charge in [-0.15, -0.1) is 11.3 Å². The van der Waals surface area contributed by atoms with Crippen molar-refractivity contribution in [2.45, 2.75) is 6.61 Å². The molecule has 108 valence electrons. The number of carbonyl (C=O) groups excluding carboxylic acids is 1. The van der Waals surface area contributed by atoms with Crippen molar-refractivity contribution in [1.29, 1.82) is 0 Å². The Morgan fingerprint density at radius 1 is 1.48 bits per heavy atom. The average molecular weight is 303 g/mol. The van der Waals surface area contributed by atoms with Crippen LogP contribution in [0.4, 0.5) is 5.69 Å². The van der Waals surface area contributed by atoms with Crippen LogP contribution in [-0.4, -0.2) is 22.5 Å².